The number of benzene rings is 1. The summed E-state index contributed by atoms with van der Waals surface area (Å²) in [5.41, 5.74) is 7.09. The molecule has 0 atom stereocenters. The third kappa shape index (κ3) is 2.47. The van der Waals surface area contributed by atoms with Gasteiger partial charge in [0.05, 0.1) is 11.9 Å². The zero-order valence-electron chi connectivity index (χ0n) is 9.14. The van der Waals surface area contributed by atoms with Crippen LogP contribution < -0.4 is 11.1 Å². The maximum atomic E-state index is 11.9. The van der Waals surface area contributed by atoms with E-state index in [1.165, 1.54) is 10.9 Å². The van der Waals surface area contributed by atoms with Crippen LogP contribution in [0.25, 0.3) is 0 Å². The molecule has 1 aromatic heterocycles. The highest BCUT2D eigenvalue weighted by atomic mass is 79.9. The summed E-state index contributed by atoms with van der Waals surface area (Å²) in [6.07, 6.45) is 1.45. The van der Waals surface area contributed by atoms with Crippen LogP contribution >= 0.6 is 15.9 Å². The van der Waals surface area contributed by atoms with E-state index in [2.05, 4.69) is 26.3 Å². The number of hydrogen-bond acceptors (Lipinski definition) is 3. The zero-order chi connectivity index (χ0) is 12.4. The van der Waals surface area contributed by atoms with Crippen LogP contribution in [0, 0.1) is 0 Å². The fourth-order valence-corrected chi connectivity index (χ4v) is 1.72. The van der Waals surface area contributed by atoms with E-state index in [9.17, 15) is 4.79 Å². The Balaban J connectivity index is 2.20. The van der Waals surface area contributed by atoms with Gasteiger partial charge in [-0.25, -0.2) is 0 Å². The van der Waals surface area contributed by atoms with Crippen LogP contribution in [-0.2, 0) is 7.05 Å². The first-order chi connectivity index (χ1) is 8.08. The second kappa shape index (κ2) is 4.58. The second-order valence-corrected chi connectivity index (χ2v) is 4.45. The Morgan fingerprint density at radius 3 is 2.59 bits per heavy atom. The molecule has 0 saturated heterocycles. The summed E-state index contributed by atoms with van der Waals surface area (Å²) >= 11 is 3.33. The zero-order valence-corrected chi connectivity index (χ0v) is 10.7. The molecule has 0 radical (unpaired) electrons. The number of nitrogen functional groups attached to an aromatic ring is 1. The van der Waals surface area contributed by atoms with Crippen molar-refractivity contribution in [1.29, 1.82) is 0 Å². The number of amides is 1. The summed E-state index contributed by atoms with van der Waals surface area (Å²) in [6.45, 7) is 0. The molecule has 1 aromatic carbocycles. The lowest BCUT2D eigenvalue weighted by Crippen LogP contribution is -2.17. The van der Waals surface area contributed by atoms with E-state index in [-0.39, 0.29) is 5.91 Å². The molecule has 6 heteroatoms. The summed E-state index contributed by atoms with van der Waals surface area (Å²) in [5.74, 6) is -0.273. The van der Waals surface area contributed by atoms with E-state index in [0.29, 0.717) is 17.1 Å². The molecule has 1 amide bonds. The normalized spacial score (nSPS) is 10.2. The highest BCUT2D eigenvalue weighted by Crippen LogP contribution is 2.16. The van der Waals surface area contributed by atoms with Gasteiger partial charge in [-0.1, -0.05) is 15.9 Å². The van der Waals surface area contributed by atoms with Crippen molar-refractivity contribution >= 4 is 33.2 Å². The second-order valence-electron chi connectivity index (χ2n) is 3.53. The highest BCUT2D eigenvalue weighted by Gasteiger charge is 2.14. The van der Waals surface area contributed by atoms with Gasteiger partial charge in [-0.05, 0) is 24.3 Å². The molecule has 2 rings (SSSR count). The molecule has 0 aliphatic rings. The average Bonchev–Trinajstić information content (AvgIpc) is 2.62. The van der Waals surface area contributed by atoms with Gasteiger partial charge in [0.2, 0.25) is 0 Å². The smallest absolute Gasteiger partial charge is 0.276 e. The number of hydrogen-bond donors (Lipinski definition) is 2. The minimum atomic E-state index is -0.273. The van der Waals surface area contributed by atoms with Crippen molar-refractivity contribution < 1.29 is 4.79 Å². The van der Waals surface area contributed by atoms with E-state index >= 15 is 0 Å². The van der Waals surface area contributed by atoms with Gasteiger partial charge in [0.15, 0.2) is 0 Å². The van der Waals surface area contributed by atoms with Gasteiger partial charge < -0.3 is 11.1 Å². The van der Waals surface area contributed by atoms with Gasteiger partial charge in [0.1, 0.15) is 5.69 Å². The molecule has 0 bridgehead atoms. The van der Waals surface area contributed by atoms with Gasteiger partial charge in [-0.15, -0.1) is 0 Å². The van der Waals surface area contributed by atoms with Gasteiger partial charge >= 0.3 is 0 Å². The first kappa shape index (κ1) is 11.7. The standard InChI is InChI=1S/C11H11BrN4O/c1-16-10(9(13)6-14-16)11(17)15-8-4-2-7(12)3-5-8/h2-6H,13H2,1H3,(H,15,17). The maximum absolute atomic E-state index is 11.9. The fraction of sp³-hybridized carbons (Fsp3) is 0.0909. The Morgan fingerprint density at radius 2 is 2.06 bits per heavy atom. The van der Waals surface area contributed by atoms with Crippen molar-refractivity contribution in [3.63, 3.8) is 0 Å². The van der Waals surface area contributed by atoms with Crippen molar-refractivity contribution in [2.24, 2.45) is 7.05 Å². The third-order valence-corrected chi connectivity index (χ3v) is 2.81. The predicted octanol–water partition coefficient (Wildman–Crippen LogP) is 2.02. The van der Waals surface area contributed by atoms with Crippen LogP contribution in [0.5, 0.6) is 0 Å². The Bertz CT molecular complexity index is 528. The topological polar surface area (TPSA) is 72.9 Å². The van der Waals surface area contributed by atoms with Gasteiger partial charge in [-0.2, -0.15) is 5.10 Å². The molecule has 0 saturated carbocycles. The van der Waals surface area contributed by atoms with Crippen LogP contribution in [0.1, 0.15) is 10.5 Å². The summed E-state index contributed by atoms with van der Waals surface area (Å²) in [4.78, 5) is 11.9. The number of nitrogens with zero attached hydrogens (tertiary/aromatic N) is 2. The fourth-order valence-electron chi connectivity index (χ4n) is 1.46. The first-order valence-electron chi connectivity index (χ1n) is 4.92. The van der Waals surface area contributed by atoms with Gasteiger partial charge in [-0.3, -0.25) is 9.48 Å². The number of halogens is 1. The van der Waals surface area contributed by atoms with Crippen molar-refractivity contribution in [2.45, 2.75) is 0 Å². The molecule has 1 heterocycles. The molecule has 0 spiro atoms. The largest absolute Gasteiger partial charge is 0.396 e. The Labute approximate surface area is 107 Å². The number of carbonyl (C=O) groups is 1. The van der Waals surface area contributed by atoms with Crippen LogP contribution in [0.2, 0.25) is 0 Å². The number of aryl methyl sites for hydroxylation is 1. The number of carbonyl (C=O) groups excluding carboxylic acids is 1. The van der Waals surface area contributed by atoms with E-state index in [0.717, 1.165) is 4.47 Å². The Morgan fingerprint density at radius 1 is 1.41 bits per heavy atom. The molecule has 0 aliphatic heterocycles. The molecule has 2 aromatic rings. The predicted molar refractivity (Wildman–Crippen MR) is 69.7 cm³/mol. The van der Waals surface area contributed by atoms with E-state index in [1.54, 1.807) is 19.2 Å². The quantitative estimate of drug-likeness (QED) is 0.890. The van der Waals surface area contributed by atoms with Crippen molar-refractivity contribution in [3.8, 4) is 0 Å². The van der Waals surface area contributed by atoms with E-state index in [4.69, 9.17) is 5.73 Å². The van der Waals surface area contributed by atoms with Crippen LogP contribution in [0.4, 0.5) is 11.4 Å². The van der Waals surface area contributed by atoms with Crippen molar-refractivity contribution in [1.82, 2.24) is 9.78 Å². The lowest BCUT2D eigenvalue weighted by atomic mass is 10.3. The molecule has 5 nitrogen and oxygen atoms in total. The van der Waals surface area contributed by atoms with Crippen LogP contribution in [0.3, 0.4) is 0 Å². The minimum absolute atomic E-state index is 0.273. The number of rotatable bonds is 2. The molecule has 0 unspecified atom stereocenters. The lowest BCUT2D eigenvalue weighted by molar-refractivity contribution is 0.101. The monoisotopic (exact) mass is 294 g/mol. The Kier molecular flexibility index (Phi) is 3.14. The molecule has 0 aliphatic carbocycles. The van der Waals surface area contributed by atoms with Crippen molar-refractivity contribution in [2.75, 3.05) is 11.1 Å². The number of anilines is 2. The highest BCUT2D eigenvalue weighted by molar-refractivity contribution is 9.10. The van der Waals surface area contributed by atoms with Crippen LogP contribution in [-0.4, -0.2) is 15.7 Å². The number of nitrogens with one attached hydrogen (secondary N) is 1. The first-order valence-corrected chi connectivity index (χ1v) is 5.71. The lowest BCUT2D eigenvalue weighted by Gasteiger charge is -2.06. The molecule has 3 N–H and O–H groups in total. The molecule has 0 fully saturated rings. The third-order valence-electron chi connectivity index (χ3n) is 2.28. The van der Waals surface area contributed by atoms with Gasteiger partial charge in [0, 0.05) is 17.2 Å². The van der Waals surface area contributed by atoms with E-state index in [1.807, 2.05) is 12.1 Å². The summed E-state index contributed by atoms with van der Waals surface area (Å²) in [5, 5.41) is 6.67. The summed E-state index contributed by atoms with van der Waals surface area (Å²) < 4.78 is 2.40. The van der Waals surface area contributed by atoms with Crippen LogP contribution in [0.15, 0.2) is 34.9 Å². The summed E-state index contributed by atoms with van der Waals surface area (Å²) in [7, 11) is 1.67. The SMILES string of the molecule is Cn1ncc(N)c1C(=O)Nc1ccc(Br)cc1. The molecular formula is C11H11BrN4O. The maximum Gasteiger partial charge on any atom is 0.276 e. The van der Waals surface area contributed by atoms with Crippen molar-refractivity contribution in [3.05, 3.63) is 40.6 Å². The minimum Gasteiger partial charge on any atom is -0.396 e. The number of nitrogens with two attached hydrogens (primary N) is 1. The molecule has 88 valence electrons. The van der Waals surface area contributed by atoms with E-state index < -0.39 is 0 Å². The molecule has 17 heavy (non-hydrogen) atoms. The average molecular weight is 295 g/mol. The van der Waals surface area contributed by atoms with Gasteiger partial charge in [0.25, 0.3) is 5.91 Å². The Hall–Kier alpha value is -1.82. The molecular weight excluding hydrogens is 284 g/mol. The summed E-state index contributed by atoms with van der Waals surface area (Å²) in [6, 6.07) is 7.30. The number of aromatic nitrogens is 2.